The molecule has 0 aliphatic heterocycles. The lowest BCUT2D eigenvalue weighted by Crippen LogP contribution is -1.98. The number of anilines is 1. The zero-order chi connectivity index (χ0) is 14.0. The van der Waals surface area contributed by atoms with Gasteiger partial charge >= 0.3 is 0 Å². The summed E-state index contributed by atoms with van der Waals surface area (Å²) in [4.78, 5) is 4.19. The first kappa shape index (κ1) is 12.9. The van der Waals surface area contributed by atoms with Gasteiger partial charge in [-0.15, -0.1) is 0 Å². The molecule has 96 valence electrons. The van der Waals surface area contributed by atoms with Crippen molar-refractivity contribution in [3.05, 3.63) is 46.6 Å². The summed E-state index contributed by atoms with van der Waals surface area (Å²) in [5.74, 6) is 1.09. The summed E-state index contributed by atoms with van der Waals surface area (Å²) in [5.41, 5.74) is 9.77. The predicted octanol–water partition coefficient (Wildman–Crippen LogP) is 3.25. The van der Waals surface area contributed by atoms with Gasteiger partial charge in [-0.3, -0.25) is 0 Å². The Kier molecular flexibility index (Phi) is 3.39. The Balaban J connectivity index is 2.41. The van der Waals surface area contributed by atoms with Crippen LogP contribution < -0.4 is 10.5 Å². The van der Waals surface area contributed by atoms with Gasteiger partial charge in [-0.05, 0) is 55.7 Å². The highest BCUT2D eigenvalue weighted by Gasteiger charge is 2.10. The summed E-state index contributed by atoms with van der Waals surface area (Å²) in [6.07, 6.45) is 1.71. The highest BCUT2D eigenvalue weighted by Crippen LogP contribution is 2.31. The van der Waals surface area contributed by atoms with Crippen LogP contribution in [0.15, 0.2) is 24.4 Å². The molecule has 0 unspecified atom stereocenters. The Bertz CT molecular complexity index is 649. The zero-order valence-corrected chi connectivity index (χ0v) is 11.2. The predicted molar refractivity (Wildman–Crippen MR) is 74.1 cm³/mol. The van der Waals surface area contributed by atoms with E-state index in [0.717, 1.165) is 16.7 Å². The molecule has 0 radical (unpaired) electrons. The fraction of sp³-hybridized carbons (Fsp3) is 0.200. The van der Waals surface area contributed by atoms with Gasteiger partial charge in [-0.1, -0.05) is 0 Å². The lowest BCUT2D eigenvalue weighted by atomic mass is 10.1. The molecular formula is C15H15N3O. The number of pyridine rings is 1. The van der Waals surface area contributed by atoms with Gasteiger partial charge in [0.15, 0.2) is 0 Å². The maximum absolute atomic E-state index is 8.92. The SMILES string of the molecule is Cc1cnc(Oc2c(C)cc(C#N)cc2C)c(N)c1. The summed E-state index contributed by atoms with van der Waals surface area (Å²) in [5, 5.41) is 8.92. The number of nitrogen functional groups attached to an aromatic ring is 1. The van der Waals surface area contributed by atoms with Crippen molar-refractivity contribution < 1.29 is 4.74 Å². The molecule has 1 aromatic heterocycles. The molecule has 0 bridgehead atoms. The highest BCUT2D eigenvalue weighted by atomic mass is 16.5. The second-order valence-electron chi connectivity index (χ2n) is 4.56. The minimum absolute atomic E-state index is 0.390. The van der Waals surface area contributed by atoms with Crippen molar-refractivity contribution in [2.75, 3.05) is 5.73 Å². The molecule has 1 heterocycles. The molecule has 4 heteroatoms. The van der Waals surface area contributed by atoms with E-state index in [1.165, 1.54) is 0 Å². The van der Waals surface area contributed by atoms with Crippen molar-refractivity contribution in [1.82, 2.24) is 4.98 Å². The Labute approximate surface area is 112 Å². The standard InChI is InChI=1S/C15H15N3O/c1-9-4-13(17)15(18-8-9)19-14-10(2)5-12(7-16)6-11(14)3/h4-6,8H,17H2,1-3H3. The van der Waals surface area contributed by atoms with Crippen molar-refractivity contribution in [3.8, 4) is 17.7 Å². The van der Waals surface area contributed by atoms with Crippen LogP contribution in [0, 0.1) is 32.1 Å². The van der Waals surface area contributed by atoms with Gasteiger partial charge in [0.25, 0.3) is 0 Å². The molecule has 4 nitrogen and oxygen atoms in total. The molecular weight excluding hydrogens is 238 g/mol. The summed E-state index contributed by atoms with van der Waals surface area (Å²) in [6, 6.07) is 7.51. The number of nitriles is 1. The van der Waals surface area contributed by atoms with Crippen LogP contribution in [0.4, 0.5) is 5.69 Å². The van der Waals surface area contributed by atoms with Crippen LogP contribution in [0.2, 0.25) is 0 Å². The molecule has 2 aromatic rings. The zero-order valence-electron chi connectivity index (χ0n) is 11.2. The van der Waals surface area contributed by atoms with Crippen molar-refractivity contribution in [1.29, 1.82) is 5.26 Å². The molecule has 0 aliphatic rings. The minimum Gasteiger partial charge on any atom is -0.437 e. The van der Waals surface area contributed by atoms with Gasteiger partial charge in [-0.25, -0.2) is 4.98 Å². The number of benzene rings is 1. The van der Waals surface area contributed by atoms with E-state index in [-0.39, 0.29) is 0 Å². The van der Waals surface area contributed by atoms with Gasteiger partial charge in [0.1, 0.15) is 5.75 Å². The Hall–Kier alpha value is -2.54. The van der Waals surface area contributed by atoms with Gasteiger partial charge < -0.3 is 10.5 Å². The number of rotatable bonds is 2. The normalized spacial score (nSPS) is 10.0. The molecule has 1 aromatic carbocycles. The molecule has 0 atom stereocenters. The third kappa shape index (κ3) is 2.66. The average molecular weight is 253 g/mol. The van der Waals surface area contributed by atoms with E-state index in [2.05, 4.69) is 11.1 Å². The molecule has 2 rings (SSSR count). The van der Waals surface area contributed by atoms with E-state index in [9.17, 15) is 0 Å². The Morgan fingerprint density at radius 2 is 1.79 bits per heavy atom. The monoisotopic (exact) mass is 253 g/mol. The summed E-state index contributed by atoms with van der Waals surface area (Å²) >= 11 is 0. The van der Waals surface area contributed by atoms with E-state index in [1.807, 2.05) is 26.8 Å². The number of nitrogens with two attached hydrogens (primary N) is 1. The molecule has 0 amide bonds. The van der Waals surface area contributed by atoms with E-state index >= 15 is 0 Å². The molecule has 0 spiro atoms. The largest absolute Gasteiger partial charge is 0.437 e. The summed E-state index contributed by atoms with van der Waals surface area (Å²) < 4.78 is 5.78. The lowest BCUT2D eigenvalue weighted by Gasteiger charge is -2.13. The first-order valence-electron chi connectivity index (χ1n) is 5.92. The number of nitrogens with zero attached hydrogens (tertiary/aromatic N) is 2. The van der Waals surface area contributed by atoms with Gasteiger partial charge in [0.2, 0.25) is 5.88 Å². The summed E-state index contributed by atoms with van der Waals surface area (Å²) in [7, 11) is 0. The molecule has 0 saturated carbocycles. The first-order chi connectivity index (χ1) is 9.01. The second kappa shape index (κ2) is 4.99. The highest BCUT2D eigenvalue weighted by molar-refractivity contribution is 5.54. The van der Waals surface area contributed by atoms with Crippen LogP contribution in [0.25, 0.3) is 0 Å². The Morgan fingerprint density at radius 3 is 2.32 bits per heavy atom. The number of aryl methyl sites for hydroxylation is 3. The minimum atomic E-state index is 0.390. The Morgan fingerprint density at radius 1 is 1.16 bits per heavy atom. The number of aromatic nitrogens is 1. The molecule has 19 heavy (non-hydrogen) atoms. The molecule has 0 saturated heterocycles. The van der Waals surface area contributed by atoms with E-state index in [0.29, 0.717) is 22.9 Å². The number of ether oxygens (including phenoxy) is 1. The van der Waals surface area contributed by atoms with E-state index in [4.69, 9.17) is 15.7 Å². The van der Waals surface area contributed by atoms with Crippen molar-refractivity contribution in [2.45, 2.75) is 20.8 Å². The fourth-order valence-corrected chi connectivity index (χ4v) is 1.94. The fourth-order valence-electron chi connectivity index (χ4n) is 1.94. The molecule has 0 aliphatic carbocycles. The van der Waals surface area contributed by atoms with Crippen LogP contribution in [-0.2, 0) is 0 Å². The van der Waals surface area contributed by atoms with Gasteiger partial charge in [0.05, 0.1) is 17.3 Å². The van der Waals surface area contributed by atoms with E-state index < -0.39 is 0 Å². The number of hydrogen-bond acceptors (Lipinski definition) is 4. The maximum Gasteiger partial charge on any atom is 0.242 e. The average Bonchev–Trinajstić information content (AvgIpc) is 2.35. The van der Waals surface area contributed by atoms with Crippen LogP contribution in [-0.4, -0.2) is 4.98 Å². The van der Waals surface area contributed by atoms with Crippen LogP contribution in [0.1, 0.15) is 22.3 Å². The third-order valence-corrected chi connectivity index (χ3v) is 2.80. The first-order valence-corrected chi connectivity index (χ1v) is 5.92. The van der Waals surface area contributed by atoms with Gasteiger partial charge in [0, 0.05) is 6.20 Å². The van der Waals surface area contributed by atoms with Crippen molar-refractivity contribution in [3.63, 3.8) is 0 Å². The van der Waals surface area contributed by atoms with Gasteiger partial charge in [-0.2, -0.15) is 5.26 Å². The van der Waals surface area contributed by atoms with E-state index in [1.54, 1.807) is 18.3 Å². The maximum atomic E-state index is 8.92. The summed E-state index contributed by atoms with van der Waals surface area (Å²) in [6.45, 7) is 5.71. The van der Waals surface area contributed by atoms with Crippen LogP contribution in [0.3, 0.4) is 0 Å². The van der Waals surface area contributed by atoms with Crippen LogP contribution in [0.5, 0.6) is 11.6 Å². The smallest absolute Gasteiger partial charge is 0.242 e. The third-order valence-electron chi connectivity index (χ3n) is 2.80. The van der Waals surface area contributed by atoms with Crippen molar-refractivity contribution in [2.24, 2.45) is 0 Å². The quantitative estimate of drug-likeness (QED) is 0.891. The van der Waals surface area contributed by atoms with Crippen LogP contribution >= 0.6 is 0 Å². The second-order valence-corrected chi connectivity index (χ2v) is 4.56. The lowest BCUT2D eigenvalue weighted by molar-refractivity contribution is 0.458. The molecule has 2 N–H and O–H groups in total. The van der Waals surface area contributed by atoms with Crippen molar-refractivity contribution >= 4 is 5.69 Å². The topological polar surface area (TPSA) is 71.9 Å². The number of hydrogen-bond donors (Lipinski definition) is 1. The molecule has 0 fully saturated rings.